The Balaban J connectivity index is 0.000000190. The quantitative estimate of drug-likeness (QED) is 0.0951. The third-order valence-corrected chi connectivity index (χ3v) is 12.3. The molecular weight excluding hydrogens is 817 g/mol. The summed E-state index contributed by atoms with van der Waals surface area (Å²) in [6.07, 6.45) is 11.0. The average molecular weight is 874 g/mol. The number of aryl methyl sites for hydroxylation is 4. The number of benzene rings is 4. The van der Waals surface area contributed by atoms with Crippen molar-refractivity contribution in [3.05, 3.63) is 147 Å². The smallest absolute Gasteiger partial charge is 0.423 e. The first-order valence-corrected chi connectivity index (χ1v) is 22.5. The van der Waals surface area contributed by atoms with Crippen molar-refractivity contribution in [3.8, 4) is 31.3 Å². The Morgan fingerprint density at radius 1 is 0.579 bits per heavy atom. The molecule has 0 spiro atoms. The van der Waals surface area contributed by atoms with Crippen molar-refractivity contribution < 1.29 is 23.6 Å². The van der Waals surface area contributed by atoms with E-state index in [9.17, 15) is 8.78 Å². The van der Waals surface area contributed by atoms with Crippen LogP contribution in [0.2, 0.25) is 0 Å². The minimum absolute atomic E-state index is 0.0751. The summed E-state index contributed by atoms with van der Waals surface area (Å²) in [6.45, 7) is 10.4. The van der Waals surface area contributed by atoms with Crippen molar-refractivity contribution in [1.29, 1.82) is 0 Å². The van der Waals surface area contributed by atoms with E-state index in [4.69, 9.17) is 14.8 Å². The molecule has 1 aliphatic rings. The molecule has 1 fully saturated rings. The highest BCUT2D eigenvalue weighted by atomic mass is 79.9. The van der Waals surface area contributed by atoms with Crippen LogP contribution >= 0.6 is 38.6 Å². The first-order chi connectivity index (χ1) is 27.6. The molecule has 1 aliphatic heterocycles. The van der Waals surface area contributed by atoms with Gasteiger partial charge in [-0.05, 0) is 138 Å². The minimum Gasteiger partial charge on any atom is -0.423 e. The summed E-state index contributed by atoms with van der Waals surface area (Å²) in [5.41, 5.74) is 7.72. The first kappa shape index (κ1) is 46.3. The molecule has 2 N–H and O–H groups in total. The van der Waals surface area contributed by atoms with Crippen LogP contribution in [-0.2, 0) is 17.6 Å². The largest absolute Gasteiger partial charge is 0.488 e. The van der Waals surface area contributed by atoms with Crippen molar-refractivity contribution in [2.75, 3.05) is 13.2 Å². The van der Waals surface area contributed by atoms with Gasteiger partial charge in [-0.15, -0.1) is 22.7 Å². The Labute approximate surface area is 356 Å². The van der Waals surface area contributed by atoms with E-state index in [2.05, 4.69) is 79.2 Å². The predicted molar refractivity (Wildman–Crippen MR) is 245 cm³/mol. The van der Waals surface area contributed by atoms with Gasteiger partial charge in [0.1, 0.15) is 11.6 Å². The molecule has 9 heteroatoms. The van der Waals surface area contributed by atoms with Crippen LogP contribution in [0.4, 0.5) is 8.78 Å². The second-order valence-electron chi connectivity index (χ2n) is 14.3. The van der Waals surface area contributed by atoms with Crippen molar-refractivity contribution in [3.63, 3.8) is 0 Å². The number of rotatable bonds is 12. The molecule has 7 rings (SSSR count). The van der Waals surface area contributed by atoms with E-state index in [1.165, 1.54) is 41.7 Å². The molecule has 0 amide bonds. The van der Waals surface area contributed by atoms with E-state index >= 15 is 0 Å². The number of unbranched alkanes of at least 4 members (excludes halogenated alkanes) is 4. The molecular formula is C48H56BBrF2O3S2. The van der Waals surface area contributed by atoms with Gasteiger partial charge in [0.25, 0.3) is 0 Å². The van der Waals surface area contributed by atoms with Crippen LogP contribution in [0.25, 0.3) is 31.3 Å². The number of hydrogen-bond acceptors (Lipinski definition) is 5. The van der Waals surface area contributed by atoms with Gasteiger partial charge in [0, 0.05) is 27.8 Å². The van der Waals surface area contributed by atoms with Crippen LogP contribution in [0.15, 0.2) is 113 Å². The van der Waals surface area contributed by atoms with Crippen molar-refractivity contribution in [2.45, 2.75) is 91.9 Å². The molecule has 302 valence electrons. The molecule has 3 heterocycles. The lowest BCUT2D eigenvalue weighted by Crippen LogP contribution is -2.29. The van der Waals surface area contributed by atoms with Crippen LogP contribution in [0.3, 0.4) is 0 Å². The zero-order chi connectivity index (χ0) is 41.0. The van der Waals surface area contributed by atoms with Crippen molar-refractivity contribution in [1.82, 2.24) is 0 Å². The second kappa shape index (κ2) is 25.1. The van der Waals surface area contributed by atoms with E-state index < -0.39 is 7.12 Å². The minimum atomic E-state index is -1.35. The summed E-state index contributed by atoms with van der Waals surface area (Å²) in [5.74, 6) is -0.151. The van der Waals surface area contributed by atoms with E-state index in [1.807, 2.05) is 49.4 Å². The molecule has 0 bridgehead atoms. The van der Waals surface area contributed by atoms with Crippen LogP contribution in [0.1, 0.15) is 87.5 Å². The van der Waals surface area contributed by atoms with Gasteiger partial charge in [-0.25, -0.2) is 8.78 Å². The number of thiophene rings is 2. The van der Waals surface area contributed by atoms with Crippen LogP contribution in [-0.4, -0.2) is 30.4 Å². The normalized spacial score (nSPS) is 11.8. The lowest BCUT2D eigenvalue weighted by atomic mass is 9.80. The number of hydrogen-bond donors (Lipinski definition) is 2. The highest BCUT2D eigenvalue weighted by molar-refractivity contribution is 9.11. The molecule has 0 aliphatic carbocycles. The zero-order valence-corrected chi connectivity index (χ0v) is 36.9. The molecule has 4 aromatic carbocycles. The summed E-state index contributed by atoms with van der Waals surface area (Å²) < 4.78 is 34.3. The standard InChI is InChI=1S/C22H23FS.C15H16BrFS.C7H9BO2.C4H8O/c1-3-4-5-6-17-11-12-19(15-20(17)23)22-14-13-21(24-22)18-9-7-16(2)8-10-18;1-2-3-4-5-11-6-7-12(10-13(11)17)14-8-9-15(16)18-14;1-6-2-4-7(5-3-6)8(9)10;1-2-4-5-3-1/h7-15H,3-6H2,1-2H3;6-10H,2-5H2,1H3;2-5,9-10H,1H3;1-4H2. The van der Waals surface area contributed by atoms with Crippen LogP contribution in [0, 0.1) is 25.5 Å². The Bertz CT molecular complexity index is 2030. The average Bonchev–Trinajstić information content (AvgIpc) is 4.03. The highest BCUT2D eigenvalue weighted by Crippen LogP contribution is 2.35. The first-order valence-electron chi connectivity index (χ1n) is 20.1. The second-order valence-corrected chi connectivity index (χ2v) is 17.8. The molecule has 0 atom stereocenters. The summed E-state index contributed by atoms with van der Waals surface area (Å²) in [7, 11) is -1.35. The van der Waals surface area contributed by atoms with E-state index in [0.29, 0.717) is 5.46 Å². The SMILES string of the molecule is C1CCOC1.CCCCCc1ccc(-c2ccc(-c3ccc(C)cc3)s2)cc1F.CCCCCc1ccc(-c2ccc(Br)s2)cc1F.Cc1ccc(B(O)O)cc1. The number of ether oxygens (including phenoxy) is 1. The van der Waals surface area contributed by atoms with Gasteiger partial charge in [0.05, 0.1) is 3.79 Å². The van der Waals surface area contributed by atoms with Gasteiger partial charge in [-0.1, -0.05) is 123 Å². The summed E-state index contributed by atoms with van der Waals surface area (Å²) in [6, 6.07) is 35.1. The van der Waals surface area contributed by atoms with Gasteiger partial charge < -0.3 is 14.8 Å². The third-order valence-electron chi connectivity index (χ3n) is 9.49. The Kier molecular flexibility index (Phi) is 20.4. The number of halogens is 3. The fraction of sp³-hybridized carbons (Fsp3) is 0.333. The molecule has 0 saturated carbocycles. The molecule has 3 nitrogen and oxygen atoms in total. The van der Waals surface area contributed by atoms with Crippen molar-refractivity contribution in [2.24, 2.45) is 0 Å². The molecule has 0 radical (unpaired) electrons. The van der Waals surface area contributed by atoms with Crippen molar-refractivity contribution >= 4 is 51.2 Å². The lowest BCUT2D eigenvalue weighted by Gasteiger charge is -2.05. The maximum atomic E-state index is 14.3. The van der Waals surface area contributed by atoms with E-state index in [0.717, 1.165) is 93.1 Å². The monoisotopic (exact) mass is 872 g/mol. The molecule has 1 saturated heterocycles. The fourth-order valence-corrected chi connectivity index (χ4v) is 8.41. The molecule has 0 unspecified atom stereocenters. The topological polar surface area (TPSA) is 49.7 Å². The predicted octanol–water partition coefficient (Wildman–Crippen LogP) is 13.8. The van der Waals surface area contributed by atoms with E-state index in [1.54, 1.807) is 46.9 Å². The van der Waals surface area contributed by atoms with Gasteiger partial charge in [-0.3, -0.25) is 0 Å². The lowest BCUT2D eigenvalue weighted by molar-refractivity contribution is 0.198. The summed E-state index contributed by atoms with van der Waals surface area (Å²) >= 11 is 6.77. The van der Waals surface area contributed by atoms with Gasteiger partial charge in [0.2, 0.25) is 0 Å². The van der Waals surface area contributed by atoms with Gasteiger partial charge in [0.15, 0.2) is 0 Å². The van der Waals surface area contributed by atoms with Crippen LogP contribution < -0.4 is 5.46 Å². The Morgan fingerprint density at radius 2 is 1.02 bits per heavy atom. The zero-order valence-electron chi connectivity index (χ0n) is 33.7. The maximum Gasteiger partial charge on any atom is 0.488 e. The summed E-state index contributed by atoms with van der Waals surface area (Å²) in [4.78, 5) is 3.43. The Hall–Kier alpha value is -3.44. The molecule has 2 aromatic heterocycles. The fourth-order valence-electron chi connectivity index (χ4n) is 6.02. The van der Waals surface area contributed by atoms with Crippen LogP contribution in [0.5, 0.6) is 0 Å². The highest BCUT2D eigenvalue weighted by Gasteiger charge is 2.10. The molecule has 57 heavy (non-hydrogen) atoms. The van der Waals surface area contributed by atoms with Gasteiger partial charge in [-0.2, -0.15) is 0 Å². The summed E-state index contributed by atoms with van der Waals surface area (Å²) in [5, 5.41) is 17.3. The Morgan fingerprint density at radius 3 is 1.42 bits per heavy atom. The molecule has 6 aromatic rings. The third kappa shape index (κ3) is 16.0. The maximum absolute atomic E-state index is 14.3. The van der Waals surface area contributed by atoms with Gasteiger partial charge >= 0.3 is 7.12 Å². The van der Waals surface area contributed by atoms with E-state index in [-0.39, 0.29) is 11.6 Å².